The maximum absolute atomic E-state index is 12.0. The third kappa shape index (κ3) is 1.77. The Hall–Kier alpha value is -0.610. The molecule has 0 aromatic rings. The number of hydrogen-bond acceptors (Lipinski definition) is 4. The molecule has 4 heteroatoms. The van der Waals surface area contributed by atoms with Crippen LogP contribution in [0.3, 0.4) is 0 Å². The summed E-state index contributed by atoms with van der Waals surface area (Å²) in [4.78, 5) is 14.7. The highest BCUT2D eigenvalue weighted by Crippen LogP contribution is 2.43. The SMILES string of the molecule is CNC1(C(=O)OC)CCC(N2CC3CCC2C3)C1. The van der Waals surface area contributed by atoms with Crippen LogP contribution in [0.2, 0.25) is 0 Å². The molecule has 3 aliphatic rings. The zero-order valence-electron chi connectivity index (χ0n) is 11.4. The zero-order chi connectivity index (χ0) is 12.8. The van der Waals surface area contributed by atoms with Gasteiger partial charge in [0.15, 0.2) is 0 Å². The number of methoxy groups -OCH3 is 1. The first-order valence-corrected chi connectivity index (χ1v) is 7.21. The van der Waals surface area contributed by atoms with E-state index in [1.54, 1.807) is 0 Å². The smallest absolute Gasteiger partial charge is 0.326 e. The molecule has 2 saturated carbocycles. The number of piperidine rings is 1. The summed E-state index contributed by atoms with van der Waals surface area (Å²) in [5.41, 5.74) is -0.429. The summed E-state index contributed by atoms with van der Waals surface area (Å²) in [6, 6.07) is 1.37. The van der Waals surface area contributed by atoms with Crippen molar-refractivity contribution >= 4 is 5.97 Å². The largest absolute Gasteiger partial charge is 0.468 e. The summed E-state index contributed by atoms with van der Waals surface area (Å²) in [5.74, 6) is 0.842. The molecule has 4 unspecified atom stereocenters. The van der Waals surface area contributed by atoms with Crippen LogP contribution < -0.4 is 5.32 Å². The predicted octanol–water partition coefficient (Wildman–Crippen LogP) is 1.15. The van der Waals surface area contributed by atoms with E-state index in [1.807, 2.05) is 7.05 Å². The number of nitrogens with zero attached hydrogens (tertiary/aromatic N) is 1. The molecule has 18 heavy (non-hydrogen) atoms. The van der Waals surface area contributed by atoms with Crippen molar-refractivity contribution in [1.82, 2.24) is 10.2 Å². The molecule has 0 amide bonds. The summed E-state index contributed by atoms with van der Waals surface area (Å²) in [6.45, 7) is 1.26. The molecule has 4 nitrogen and oxygen atoms in total. The van der Waals surface area contributed by atoms with Gasteiger partial charge in [-0.15, -0.1) is 0 Å². The van der Waals surface area contributed by atoms with Crippen LogP contribution in [0.4, 0.5) is 0 Å². The minimum Gasteiger partial charge on any atom is -0.468 e. The van der Waals surface area contributed by atoms with Crippen molar-refractivity contribution < 1.29 is 9.53 Å². The highest BCUT2D eigenvalue weighted by molar-refractivity contribution is 5.81. The molecule has 0 spiro atoms. The number of esters is 1. The van der Waals surface area contributed by atoms with E-state index in [1.165, 1.54) is 32.9 Å². The standard InChI is InChI=1S/C14H24N2O2/c1-15-14(13(17)18-2)6-5-12(8-14)16-9-10-3-4-11(16)7-10/h10-12,15H,3-9H2,1-2H3. The third-order valence-electron chi connectivity index (χ3n) is 5.46. The Morgan fingerprint density at radius 2 is 2.17 bits per heavy atom. The average Bonchev–Trinajstić information content (AvgIpc) is 3.11. The van der Waals surface area contributed by atoms with Crippen LogP contribution in [0.5, 0.6) is 0 Å². The van der Waals surface area contributed by atoms with Gasteiger partial charge in [0.25, 0.3) is 0 Å². The van der Waals surface area contributed by atoms with Gasteiger partial charge < -0.3 is 10.1 Å². The Labute approximate surface area is 109 Å². The van der Waals surface area contributed by atoms with Crippen molar-refractivity contribution in [2.45, 2.75) is 56.1 Å². The minimum atomic E-state index is -0.429. The van der Waals surface area contributed by atoms with Gasteiger partial charge in [0, 0.05) is 18.6 Å². The van der Waals surface area contributed by atoms with Crippen molar-refractivity contribution in [3.63, 3.8) is 0 Å². The normalized spacial score (nSPS) is 43.6. The molecule has 0 aromatic heterocycles. The lowest BCUT2D eigenvalue weighted by Crippen LogP contribution is -2.50. The van der Waals surface area contributed by atoms with E-state index >= 15 is 0 Å². The highest BCUT2D eigenvalue weighted by Gasteiger charge is 2.50. The molecule has 0 radical (unpaired) electrons. The molecule has 1 aliphatic heterocycles. The Kier molecular flexibility index (Phi) is 3.10. The van der Waals surface area contributed by atoms with Gasteiger partial charge in [-0.3, -0.25) is 9.69 Å². The quantitative estimate of drug-likeness (QED) is 0.765. The van der Waals surface area contributed by atoms with Crippen LogP contribution in [-0.4, -0.2) is 49.2 Å². The molecule has 1 saturated heterocycles. The van der Waals surface area contributed by atoms with Gasteiger partial charge in [-0.1, -0.05) is 0 Å². The van der Waals surface area contributed by atoms with Gasteiger partial charge in [-0.05, 0) is 51.5 Å². The molecule has 3 fully saturated rings. The molecule has 102 valence electrons. The van der Waals surface area contributed by atoms with E-state index in [0.29, 0.717) is 6.04 Å². The number of ether oxygens (including phenoxy) is 1. The maximum Gasteiger partial charge on any atom is 0.326 e. The number of likely N-dealkylation sites (tertiary alicyclic amines) is 1. The van der Waals surface area contributed by atoms with Crippen molar-refractivity contribution in [3.05, 3.63) is 0 Å². The maximum atomic E-state index is 12.0. The van der Waals surface area contributed by atoms with Crippen LogP contribution in [0.25, 0.3) is 0 Å². The first-order chi connectivity index (χ1) is 8.68. The molecule has 1 heterocycles. The number of nitrogens with one attached hydrogen (secondary N) is 1. The molecule has 2 bridgehead atoms. The lowest BCUT2D eigenvalue weighted by Gasteiger charge is -2.34. The monoisotopic (exact) mass is 252 g/mol. The fourth-order valence-electron chi connectivity index (χ4n) is 4.42. The first-order valence-electron chi connectivity index (χ1n) is 7.21. The number of carbonyl (C=O) groups excluding carboxylic acids is 1. The third-order valence-corrected chi connectivity index (χ3v) is 5.46. The zero-order valence-corrected chi connectivity index (χ0v) is 11.4. The van der Waals surface area contributed by atoms with E-state index in [-0.39, 0.29) is 5.97 Å². The van der Waals surface area contributed by atoms with Crippen LogP contribution in [0.15, 0.2) is 0 Å². The molecule has 1 N–H and O–H groups in total. The number of rotatable bonds is 3. The average molecular weight is 252 g/mol. The second-order valence-electron chi connectivity index (χ2n) is 6.25. The van der Waals surface area contributed by atoms with Gasteiger partial charge in [0.05, 0.1) is 7.11 Å². The second-order valence-corrected chi connectivity index (χ2v) is 6.25. The van der Waals surface area contributed by atoms with Crippen LogP contribution in [-0.2, 0) is 9.53 Å². The topological polar surface area (TPSA) is 41.6 Å². The van der Waals surface area contributed by atoms with Crippen molar-refractivity contribution in [2.75, 3.05) is 20.7 Å². The molecule has 3 rings (SSSR count). The van der Waals surface area contributed by atoms with E-state index in [2.05, 4.69) is 10.2 Å². The van der Waals surface area contributed by atoms with Gasteiger partial charge in [-0.25, -0.2) is 0 Å². The lowest BCUT2D eigenvalue weighted by atomic mass is 9.97. The first kappa shape index (κ1) is 12.4. The Morgan fingerprint density at radius 3 is 2.72 bits per heavy atom. The van der Waals surface area contributed by atoms with E-state index < -0.39 is 5.54 Å². The fraction of sp³-hybridized carbons (Fsp3) is 0.929. The summed E-state index contributed by atoms with van der Waals surface area (Å²) in [5, 5.41) is 3.22. The van der Waals surface area contributed by atoms with Gasteiger partial charge >= 0.3 is 5.97 Å². The summed E-state index contributed by atoms with van der Waals surface area (Å²) in [6.07, 6.45) is 7.13. The molecule has 2 aliphatic carbocycles. The molecular formula is C14H24N2O2. The van der Waals surface area contributed by atoms with Crippen LogP contribution >= 0.6 is 0 Å². The highest BCUT2D eigenvalue weighted by atomic mass is 16.5. The van der Waals surface area contributed by atoms with E-state index in [0.717, 1.165) is 31.2 Å². The number of likely N-dealkylation sites (N-methyl/N-ethyl adjacent to an activating group) is 1. The van der Waals surface area contributed by atoms with Crippen molar-refractivity contribution in [2.24, 2.45) is 5.92 Å². The molecule has 0 aromatic carbocycles. The summed E-state index contributed by atoms with van der Waals surface area (Å²) < 4.78 is 4.98. The van der Waals surface area contributed by atoms with Gasteiger partial charge in [-0.2, -0.15) is 0 Å². The minimum absolute atomic E-state index is 0.0862. The lowest BCUT2D eigenvalue weighted by molar-refractivity contribution is -0.148. The number of fused-ring (bicyclic) bond motifs is 2. The summed E-state index contributed by atoms with van der Waals surface area (Å²) in [7, 11) is 3.38. The second kappa shape index (κ2) is 4.49. The number of hydrogen-bond donors (Lipinski definition) is 1. The van der Waals surface area contributed by atoms with Crippen LogP contribution in [0, 0.1) is 5.92 Å². The predicted molar refractivity (Wildman–Crippen MR) is 69.3 cm³/mol. The van der Waals surface area contributed by atoms with Gasteiger partial charge in [0.1, 0.15) is 5.54 Å². The van der Waals surface area contributed by atoms with Gasteiger partial charge in [0.2, 0.25) is 0 Å². The molecular weight excluding hydrogens is 228 g/mol. The number of carbonyl (C=O) groups is 1. The van der Waals surface area contributed by atoms with Crippen molar-refractivity contribution in [3.8, 4) is 0 Å². The van der Waals surface area contributed by atoms with E-state index in [9.17, 15) is 4.79 Å². The van der Waals surface area contributed by atoms with Crippen LogP contribution in [0.1, 0.15) is 38.5 Å². The molecule has 4 atom stereocenters. The Bertz CT molecular complexity index is 347. The Balaban J connectivity index is 1.69. The fourth-order valence-corrected chi connectivity index (χ4v) is 4.42. The summed E-state index contributed by atoms with van der Waals surface area (Å²) >= 11 is 0. The Morgan fingerprint density at radius 1 is 1.33 bits per heavy atom. The van der Waals surface area contributed by atoms with Crippen molar-refractivity contribution in [1.29, 1.82) is 0 Å². The van der Waals surface area contributed by atoms with E-state index in [4.69, 9.17) is 4.74 Å².